The molecule has 0 aliphatic carbocycles. The smallest absolute Gasteiger partial charge is 0.320 e. The predicted molar refractivity (Wildman–Crippen MR) is 68.9 cm³/mol. The first kappa shape index (κ1) is 13.7. The van der Waals surface area contributed by atoms with Gasteiger partial charge in [-0.1, -0.05) is 0 Å². The number of nitrogens with one attached hydrogen (secondary N) is 1. The van der Waals surface area contributed by atoms with Crippen LogP contribution in [0.4, 0.5) is 5.69 Å². The van der Waals surface area contributed by atoms with Crippen LogP contribution in [-0.4, -0.2) is 30.4 Å². The molecular weight excluding hydrogens is 264 g/mol. The summed E-state index contributed by atoms with van der Waals surface area (Å²) in [4.78, 5) is 22.2. The van der Waals surface area contributed by atoms with Gasteiger partial charge in [0.1, 0.15) is 6.20 Å². The molecule has 0 bridgehead atoms. The molecule has 0 atom stereocenters. The molecule has 20 heavy (non-hydrogen) atoms. The van der Waals surface area contributed by atoms with Crippen LogP contribution in [0.3, 0.4) is 0 Å². The van der Waals surface area contributed by atoms with Gasteiger partial charge in [-0.25, -0.2) is 0 Å². The molecule has 1 N–H and O–H groups in total. The molecule has 0 spiro atoms. The quantitative estimate of drug-likeness (QED) is 0.632. The van der Waals surface area contributed by atoms with Crippen LogP contribution in [0.25, 0.3) is 0 Å². The summed E-state index contributed by atoms with van der Waals surface area (Å²) in [7, 11) is 1.48. The van der Waals surface area contributed by atoms with Crippen molar-refractivity contribution in [2.45, 2.75) is 20.0 Å². The fourth-order valence-corrected chi connectivity index (χ4v) is 1.76. The Kier molecular flexibility index (Phi) is 3.78. The van der Waals surface area contributed by atoms with Gasteiger partial charge >= 0.3 is 5.69 Å². The zero-order valence-electron chi connectivity index (χ0n) is 11.1. The number of carbonyl (C=O) groups excluding carboxylic acids is 1. The molecule has 2 aromatic rings. The topological polar surface area (TPSA) is 108 Å². The molecule has 0 saturated heterocycles. The van der Waals surface area contributed by atoms with Crippen molar-refractivity contribution in [3.8, 4) is 0 Å². The highest BCUT2D eigenvalue weighted by molar-refractivity contribution is 5.96. The molecule has 0 unspecified atom stereocenters. The fraction of sp³-hybridized carbons (Fsp3) is 0.364. The summed E-state index contributed by atoms with van der Waals surface area (Å²) < 4.78 is 2.91. The second kappa shape index (κ2) is 5.51. The normalized spacial score (nSPS) is 10.5. The molecule has 106 valence electrons. The van der Waals surface area contributed by atoms with Crippen molar-refractivity contribution >= 4 is 11.6 Å². The molecule has 0 saturated carbocycles. The summed E-state index contributed by atoms with van der Waals surface area (Å²) >= 11 is 0. The Morgan fingerprint density at radius 2 is 2.20 bits per heavy atom. The minimum atomic E-state index is -0.628. The van der Waals surface area contributed by atoms with Gasteiger partial charge in [0.2, 0.25) is 5.69 Å². The van der Waals surface area contributed by atoms with Gasteiger partial charge in [-0.05, 0) is 6.92 Å². The Morgan fingerprint density at radius 3 is 2.80 bits per heavy atom. The molecule has 2 heterocycles. The molecule has 0 aliphatic heterocycles. The lowest BCUT2D eigenvalue weighted by atomic mass is 10.3. The van der Waals surface area contributed by atoms with E-state index in [0.717, 1.165) is 18.3 Å². The number of rotatable bonds is 5. The molecule has 2 rings (SSSR count). The Labute approximate surface area is 114 Å². The van der Waals surface area contributed by atoms with Gasteiger partial charge in [0.25, 0.3) is 5.91 Å². The third-order valence-corrected chi connectivity index (χ3v) is 2.80. The number of carbonyl (C=O) groups is 1. The molecular formula is C11H14N6O3. The zero-order valence-corrected chi connectivity index (χ0v) is 11.1. The summed E-state index contributed by atoms with van der Waals surface area (Å²) in [6.07, 6.45) is 4.50. The van der Waals surface area contributed by atoms with E-state index in [-0.39, 0.29) is 17.9 Å². The molecule has 0 radical (unpaired) electrons. The fourth-order valence-electron chi connectivity index (χ4n) is 1.76. The van der Waals surface area contributed by atoms with Gasteiger partial charge in [0.05, 0.1) is 11.1 Å². The van der Waals surface area contributed by atoms with Gasteiger partial charge in [-0.15, -0.1) is 0 Å². The van der Waals surface area contributed by atoms with Crippen molar-refractivity contribution in [1.29, 1.82) is 0 Å². The first-order valence-corrected chi connectivity index (χ1v) is 5.98. The Morgan fingerprint density at radius 1 is 1.45 bits per heavy atom. The minimum Gasteiger partial charge on any atom is -0.346 e. The van der Waals surface area contributed by atoms with E-state index in [9.17, 15) is 14.9 Å². The molecule has 0 fully saturated rings. The lowest BCUT2D eigenvalue weighted by Crippen LogP contribution is -2.25. The van der Waals surface area contributed by atoms with E-state index in [1.165, 1.54) is 11.7 Å². The monoisotopic (exact) mass is 278 g/mol. The number of aryl methyl sites for hydroxylation is 2. The third-order valence-electron chi connectivity index (χ3n) is 2.80. The van der Waals surface area contributed by atoms with Crippen LogP contribution in [0.2, 0.25) is 0 Å². The van der Waals surface area contributed by atoms with Crippen LogP contribution in [0, 0.1) is 10.1 Å². The maximum absolute atomic E-state index is 12.0. The van der Waals surface area contributed by atoms with Crippen molar-refractivity contribution in [2.75, 3.05) is 0 Å². The van der Waals surface area contributed by atoms with E-state index < -0.39 is 10.8 Å². The Balaban J connectivity index is 2.09. The summed E-state index contributed by atoms with van der Waals surface area (Å²) in [6, 6.07) is 0. The van der Waals surface area contributed by atoms with E-state index in [1.807, 2.05) is 6.92 Å². The maximum atomic E-state index is 12.0. The number of aromatic nitrogens is 4. The molecule has 9 heteroatoms. The van der Waals surface area contributed by atoms with Crippen LogP contribution in [0.5, 0.6) is 0 Å². The van der Waals surface area contributed by atoms with Crippen molar-refractivity contribution in [3.63, 3.8) is 0 Å². The summed E-state index contributed by atoms with van der Waals surface area (Å²) in [5.74, 6) is -0.541. The zero-order chi connectivity index (χ0) is 14.7. The van der Waals surface area contributed by atoms with Gasteiger partial charge in [0.15, 0.2) is 0 Å². The van der Waals surface area contributed by atoms with Crippen molar-refractivity contribution < 1.29 is 9.72 Å². The van der Waals surface area contributed by atoms with E-state index in [1.54, 1.807) is 17.1 Å². The SMILES string of the molecule is CCn1cc(CNC(=O)c2c([N+](=O)[O-])cnn2C)cn1. The summed E-state index contributed by atoms with van der Waals surface area (Å²) in [6.45, 7) is 2.94. The van der Waals surface area contributed by atoms with E-state index in [0.29, 0.717) is 0 Å². The van der Waals surface area contributed by atoms with Crippen molar-refractivity contribution in [2.24, 2.45) is 7.05 Å². The van der Waals surface area contributed by atoms with E-state index in [4.69, 9.17) is 0 Å². The van der Waals surface area contributed by atoms with Crippen molar-refractivity contribution in [3.05, 3.63) is 40.0 Å². The molecule has 0 aliphatic rings. The highest BCUT2D eigenvalue weighted by Gasteiger charge is 2.25. The Hall–Kier alpha value is -2.71. The number of hydrogen-bond donors (Lipinski definition) is 1. The molecule has 1 amide bonds. The first-order valence-electron chi connectivity index (χ1n) is 5.98. The summed E-state index contributed by atoms with van der Waals surface area (Å²) in [5, 5.41) is 21.2. The molecule has 9 nitrogen and oxygen atoms in total. The largest absolute Gasteiger partial charge is 0.346 e. The number of nitrogens with zero attached hydrogens (tertiary/aromatic N) is 5. The average molecular weight is 278 g/mol. The Bertz CT molecular complexity index is 644. The standard InChI is InChI=1S/C11H14N6O3/c1-3-16-7-8(5-14-16)4-12-11(18)10-9(17(19)20)6-13-15(10)2/h5-7H,3-4H2,1-2H3,(H,12,18). The van der Waals surface area contributed by atoms with Gasteiger partial charge in [0, 0.05) is 31.9 Å². The number of nitro groups is 1. The lowest BCUT2D eigenvalue weighted by molar-refractivity contribution is -0.385. The van der Waals surface area contributed by atoms with Crippen LogP contribution in [-0.2, 0) is 20.1 Å². The number of amides is 1. The number of hydrogen-bond acceptors (Lipinski definition) is 5. The first-order chi connectivity index (χ1) is 9.52. The second-order valence-corrected chi connectivity index (χ2v) is 4.15. The van der Waals surface area contributed by atoms with Gasteiger partial charge in [-0.3, -0.25) is 24.3 Å². The highest BCUT2D eigenvalue weighted by Crippen LogP contribution is 2.16. The predicted octanol–water partition coefficient (Wildman–Crippen LogP) is 0.475. The minimum absolute atomic E-state index is 0.0714. The average Bonchev–Trinajstić information content (AvgIpc) is 3.02. The lowest BCUT2D eigenvalue weighted by Gasteiger charge is -2.03. The van der Waals surface area contributed by atoms with Crippen LogP contribution in [0.15, 0.2) is 18.6 Å². The molecule has 2 aromatic heterocycles. The second-order valence-electron chi connectivity index (χ2n) is 4.15. The van der Waals surface area contributed by atoms with E-state index in [2.05, 4.69) is 15.5 Å². The third kappa shape index (κ3) is 2.66. The summed E-state index contributed by atoms with van der Waals surface area (Å²) in [5.41, 5.74) is 0.442. The van der Waals surface area contributed by atoms with Gasteiger partial charge < -0.3 is 5.32 Å². The highest BCUT2D eigenvalue weighted by atomic mass is 16.6. The van der Waals surface area contributed by atoms with E-state index >= 15 is 0 Å². The van der Waals surface area contributed by atoms with Crippen LogP contribution >= 0.6 is 0 Å². The maximum Gasteiger partial charge on any atom is 0.320 e. The van der Waals surface area contributed by atoms with Crippen molar-refractivity contribution in [1.82, 2.24) is 24.9 Å². The molecule has 0 aromatic carbocycles. The van der Waals surface area contributed by atoms with Crippen LogP contribution in [0.1, 0.15) is 23.0 Å². The van der Waals surface area contributed by atoms with Crippen LogP contribution < -0.4 is 5.32 Å². The van der Waals surface area contributed by atoms with Gasteiger partial charge in [-0.2, -0.15) is 10.2 Å².